The van der Waals surface area contributed by atoms with E-state index < -0.39 is 0 Å². The van der Waals surface area contributed by atoms with Crippen molar-refractivity contribution in [3.63, 3.8) is 0 Å². The van der Waals surface area contributed by atoms with E-state index in [1.54, 1.807) is 31.0 Å². The molecular formula is C31H38N4O3. The van der Waals surface area contributed by atoms with Crippen LogP contribution in [-0.2, 0) is 29.5 Å². The number of methoxy groups -OCH3 is 1. The normalized spacial score (nSPS) is 19.3. The van der Waals surface area contributed by atoms with Gasteiger partial charge >= 0.3 is 0 Å². The number of aryl methyl sites for hydroxylation is 2. The van der Waals surface area contributed by atoms with Gasteiger partial charge in [-0.2, -0.15) is 0 Å². The molecule has 1 N–H and O–H groups in total. The summed E-state index contributed by atoms with van der Waals surface area (Å²) < 4.78 is 6.89. The molecule has 0 bridgehead atoms. The smallest absolute Gasteiger partial charge is 0.250 e. The molecule has 1 saturated heterocycles. The third-order valence-electron chi connectivity index (χ3n) is 7.96. The molecule has 2 aromatic heterocycles. The van der Waals surface area contributed by atoms with Crippen molar-refractivity contribution < 1.29 is 9.53 Å². The number of rotatable bonds is 10. The second-order valence-corrected chi connectivity index (χ2v) is 10.6. The molecule has 1 saturated carbocycles. The van der Waals surface area contributed by atoms with Gasteiger partial charge in [0.25, 0.3) is 5.56 Å². The number of hydrogen-bond donors (Lipinski definition) is 1. The molecule has 1 aliphatic heterocycles. The van der Waals surface area contributed by atoms with Crippen molar-refractivity contribution in [2.75, 3.05) is 26.8 Å². The van der Waals surface area contributed by atoms with E-state index in [1.165, 1.54) is 11.1 Å². The molecule has 2 atom stereocenters. The first-order valence-corrected chi connectivity index (χ1v) is 13.7. The molecule has 200 valence electrons. The number of carbonyl (C=O) groups excluding carboxylic acids is 1. The number of piperidine rings is 1. The van der Waals surface area contributed by atoms with Gasteiger partial charge in [0.1, 0.15) is 0 Å². The van der Waals surface area contributed by atoms with Gasteiger partial charge in [0, 0.05) is 64.6 Å². The first-order valence-electron chi connectivity index (χ1n) is 13.7. The summed E-state index contributed by atoms with van der Waals surface area (Å²) in [4.78, 5) is 33.0. The van der Waals surface area contributed by atoms with Gasteiger partial charge in [-0.05, 0) is 90.6 Å². The van der Waals surface area contributed by atoms with E-state index >= 15 is 0 Å². The average molecular weight is 515 g/mol. The van der Waals surface area contributed by atoms with Crippen LogP contribution < -0.4 is 10.9 Å². The largest absolute Gasteiger partial charge is 0.385 e. The summed E-state index contributed by atoms with van der Waals surface area (Å²) in [5, 5.41) is 3.44. The van der Waals surface area contributed by atoms with E-state index in [0.717, 1.165) is 55.3 Å². The number of aromatic nitrogens is 2. The van der Waals surface area contributed by atoms with Crippen LogP contribution in [0.5, 0.6) is 0 Å². The van der Waals surface area contributed by atoms with E-state index in [0.29, 0.717) is 19.7 Å². The topological polar surface area (TPSA) is 76.5 Å². The van der Waals surface area contributed by atoms with Crippen molar-refractivity contribution in [2.24, 2.45) is 13.0 Å². The van der Waals surface area contributed by atoms with Gasteiger partial charge in [0.15, 0.2) is 0 Å². The van der Waals surface area contributed by atoms with Crippen molar-refractivity contribution >= 4 is 5.91 Å². The third-order valence-corrected chi connectivity index (χ3v) is 7.96. The van der Waals surface area contributed by atoms with Crippen molar-refractivity contribution in [3.05, 3.63) is 88.1 Å². The van der Waals surface area contributed by atoms with Crippen molar-refractivity contribution in [3.8, 4) is 11.1 Å². The Morgan fingerprint density at radius 3 is 2.74 bits per heavy atom. The highest BCUT2D eigenvalue weighted by Gasteiger charge is 2.40. The van der Waals surface area contributed by atoms with Gasteiger partial charge in [-0.15, -0.1) is 0 Å². The predicted molar refractivity (Wildman–Crippen MR) is 149 cm³/mol. The van der Waals surface area contributed by atoms with Crippen LogP contribution in [0.15, 0.2) is 65.8 Å². The van der Waals surface area contributed by atoms with E-state index in [-0.39, 0.29) is 29.3 Å². The molecule has 5 rings (SSSR count). The van der Waals surface area contributed by atoms with Crippen LogP contribution in [0.3, 0.4) is 0 Å². The van der Waals surface area contributed by atoms with Crippen LogP contribution >= 0.6 is 0 Å². The zero-order chi connectivity index (χ0) is 26.5. The highest BCUT2D eigenvalue weighted by Crippen LogP contribution is 2.36. The SMILES string of the molecule is COCCCc1ccc(-c2cccnc2)cc1CN(C(=O)[C@@H]1CNCC[C@H]1c1ccn(C)c(=O)c1)C1CC1. The predicted octanol–water partition coefficient (Wildman–Crippen LogP) is 3.91. The molecule has 3 heterocycles. The first kappa shape index (κ1) is 26.3. The highest BCUT2D eigenvalue weighted by atomic mass is 16.5. The Balaban J connectivity index is 1.44. The Bertz CT molecular complexity index is 1300. The molecule has 1 amide bonds. The molecule has 7 nitrogen and oxygen atoms in total. The summed E-state index contributed by atoms with van der Waals surface area (Å²) in [6.45, 7) is 2.79. The zero-order valence-corrected chi connectivity index (χ0v) is 22.4. The van der Waals surface area contributed by atoms with Gasteiger partial charge in [-0.3, -0.25) is 14.6 Å². The number of ether oxygens (including phenoxy) is 1. The second-order valence-electron chi connectivity index (χ2n) is 10.6. The first-order chi connectivity index (χ1) is 18.5. The number of hydrogen-bond acceptors (Lipinski definition) is 5. The lowest BCUT2D eigenvalue weighted by Gasteiger charge is -2.36. The Kier molecular flexibility index (Phi) is 8.35. The average Bonchev–Trinajstić information content (AvgIpc) is 3.79. The molecule has 2 aliphatic rings. The maximum Gasteiger partial charge on any atom is 0.250 e. The van der Waals surface area contributed by atoms with Crippen LogP contribution in [0, 0.1) is 5.92 Å². The standard InChI is InChI=1S/C31H38N4O3/c1-34-15-12-24(18-30(34)36)28-11-14-33-20-29(28)31(37)35(27-9-10-27)21-26-17-23(25-5-3-13-32-19-25)8-7-22(26)6-4-16-38-2/h3,5,7-8,12-13,15,17-19,27-29,33H,4,6,9-11,14,16,20-21H2,1-2H3/t28-,29+/m0/s1. The van der Waals surface area contributed by atoms with Crippen LogP contribution in [0.4, 0.5) is 0 Å². The Morgan fingerprint density at radius 1 is 1.13 bits per heavy atom. The lowest BCUT2D eigenvalue weighted by atomic mass is 9.80. The minimum atomic E-state index is -0.185. The summed E-state index contributed by atoms with van der Waals surface area (Å²) in [6, 6.07) is 14.6. The fraction of sp³-hybridized carbons (Fsp3) is 0.452. The Labute approximate surface area is 224 Å². The number of nitrogens with one attached hydrogen (secondary N) is 1. The molecule has 1 aliphatic carbocycles. The summed E-state index contributed by atoms with van der Waals surface area (Å²) >= 11 is 0. The molecule has 38 heavy (non-hydrogen) atoms. The maximum atomic E-state index is 14.2. The van der Waals surface area contributed by atoms with E-state index in [1.807, 2.05) is 24.5 Å². The number of carbonyl (C=O) groups is 1. The van der Waals surface area contributed by atoms with E-state index in [4.69, 9.17) is 4.74 Å². The molecule has 0 unspecified atom stereocenters. The van der Waals surface area contributed by atoms with Gasteiger partial charge in [0.05, 0.1) is 5.92 Å². The lowest BCUT2D eigenvalue weighted by molar-refractivity contribution is -0.138. The molecule has 1 aromatic carbocycles. The number of pyridine rings is 2. The fourth-order valence-corrected chi connectivity index (χ4v) is 5.62. The van der Waals surface area contributed by atoms with Crippen LogP contribution in [-0.4, -0.2) is 53.2 Å². The molecular weight excluding hydrogens is 476 g/mol. The lowest BCUT2D eigenvalue weighted by Crippen LogP contribution is -2.47. The van der Waals surface area contributed by atoms with Gasteiger partial charge in [-0.25, -0.2) is 0 Å². The Hall–Kier alpha value is -3.29. The Morgan fingerprint density at radius 2 is 2.00 bits per heavy atom. The van der Waals surface area contributed by atoms with Crippen LogP contribution in [0.1, 0.15) is 48.3 Å². The number of benzene rings is 1. The van der Waals surface area contributed by atoms with Crippen molar-refractivity contribution in [1.29, 1.82) is 0 Å². The minimum absolute atomic E-state index is 0.0285. The molecule has 7 heteroatoms. The van der Waals surface area contributed by atoms with E-state index in [9.17, 15) is 9.59 Å². The van der Waals surface area contributed by atoms with E-state index in [2.05, 4.69) is 39.5 Å². The van der Waals surface area contributed by atoms with Gasteiger partial charge in [-0.1, -0.05) is 18.2 Å². The molecule has 3 aromatic rings. The molecule has 2 fully saturated rings. The van der Waals surface area contributed by atoms with Crippen molar-refractivity contribution in [1.82, 2.24) is 19.8 Å². The summed E-state index contributed by atoms with van der Waals surface area (Å²) in [6.07, 6.45) is 10.3. The van der Waals surface area contributed by atoms with Crippen LogP contribution in [0.25, 0.3) is 11.1 Å². The minimum Gasteiger partial charge on any atom is -0.385 e. The van der Waals surface area contributed by atoms with Crippen LogP contribution in [0.2, 0.25) is 0 Å². The third kappa shape index (κ3) is 6.05. The zero-order valence-electron chi connectivity index (χ0n) is 22.4. The monoisotopic (exact) mass is 514 g/mol. The summed E-state index contributed by atoms with van der Waals surface area (Å²) in [7, 11) is 3.49. The van der Waals surface area contributed by atoms with Gasteiger partial charge in [0.2, 0.25) is 5.91 Å². The molecule has 0 radical (unpaired) electrons. The summed E-state index contributed by atoms with van der Waals surface area (Å²) in [5.41, 5.74) is 5.59. The van der Waals surface area contributed by atoms with Crippen molar-refractivity contribution in [2.45, 2.75) is 50.6 Å². The number of nitrogens with zero attached hydrogens (tertiary/aromatic N) is 3. The number of amides is 1. The quantitative estimate of drug-likeness (QED) is 0.415. The highest BCUT2D eigenvalue weighted by molar-refractivity contribution is 5.81. The second kappa shape index (κ2) is 12.0. The fourth-order valence-electron chi connectivity index (χ4n) is 5.62. The molecule has 0 spiro atoms. The van der Waals surface area contributed by atoms with Gasteiger partial charge < -0.3 is 19.5 Å². The summed E-state index contributed by atoms with van der Waals surface area (Å²) in [5.74, 6) is 0.0525. The maximum absolute atomic E-state index is 14.2.